The summed E-state index contributed by atoms with van der Waals surface area (Å²) < 4.78 is 5.49. The highest BCUT2D eigenvalue weighted by Gasteiger charge is 2.23. The number of rotatable bonds is 5. The number of piperazine rings is 1. The average molecular weight is 464 g/mol. The second-order valence-electron chi connectivity index (χ2n) is 6.32. The topological polar surface area (TPSA) is 40.1 Å². The van der Waals surface area contributed by atoms with Gasteiger partial charge >= 0.3 is 0 Å². The van der Waals surface area contributed by atoms with Gasteiger partial charge < -0.3 is 15.0 Å². The summed E-state index contributed by atoms with van der Waals surface area (Å²) in [6, 6.07) is 2.15. The molecule has 1 atom stereocenters. The Hall–Kier alpha value is -0.380. The van der Waals surface area contributed by atoms with E-state index in [2.05, 4.69) is 38.9 Å². The number of hydrogen-bond donors (Lipinski definition) is 1. The first-order valence-corrected chi connectivity index (χ1v) is 9.64. The molecule has 7 heteroatoms. The van der Waals surface area contributed by atoms with Gasteiger partial charge in [0.25, 0.3) is 0 Å². The quantitative estimate of drug-likeness (QED) is 0.413. The first kappa shape index (κ1) is 19.9. The van der Waals surface area contributed by atoms with Gasteiger partial charge in [-0.2, -0.15) is 11.3 Å². The van der Waals surface area contributed by atoms with Crippen LogP contribution in [-0.4, -0.2) is 68.2 Å². The second kappa shape index (κ2) is 10.6. The van der Waals surface area contributed by atoms with Crippen molar-refractivity contribution in [1.29, 1.82) is 0 Å². The molecular weight excluding hydrogens is 435 g/mol. The van der Waals surface area contributed by atoms with Crippen LogP contribution >= 0.6 is 35.3 Å². The van der Waals surface area contributed by atoms with Crippen molar-refractivity contribution in [1.82, 2.24) is 15.1 Å². The minimum Gasteiger partial charge on any atom is -0.381 e. The number of aliphatic imine (C=N–C) groups is 1. The number of nitrogens with zero attached hydrogens (tertiary/aromatic N) is 3. The molecule has 0 bridgehead atoms. The van der Waals surface area contributed by atoms with Gasteiger partial charge in [0.2, 0.25) is 0 Å². The maximum absolute atomic E-state index is 5.49. The highest BCUT2D eigenvalue weighted by molar-refractivity contribution is 14.0. The monoisotopic (exact) mass is 464 g/mol. The standard InChI is InChI=1S/C17H28N4OS.HI/c1-2-18-17(19-11-15-4-10-23-14-15)21-7-5-20(6-8-21)12-16-3-9-22-13-16;/h4,10,14,16H,2-3,5-9,11-13H2,1H3,(H,18,19);1H. The first-order valence-electron chi connectivity index (χ1n) is 8.69. The molecule has 0 amide bonds. The molecule has 2 aliphatic heterocycles. The van der Waals surface area contributed by atoms with Crippen molar-refractivity contribution in [2.24, 2.45) is 10.9 Å². The van der Waals surface area contributed by atoms with Crippen molar-refractivity contribution in [2.45, 2.75) is 19.9 Å². The molecule has 2 aliphatic rings. The van der Waals surface area contributed by atoms with E-state index in [-0.39, 0.29) is 24.0 Å². The van der Waals surface area contributed by atoms with Crippen molar-refractivity contribution in [3.05, 3.63) is 22.4 Å². The Labute approximate surface area is 166 Å². The van der Waals surface area contributed by atoms with E-state index in [1.807, 2.05) is 0 Å². The normalized spacial score (nSPS) is 22.5. The molecular formula is C17H29IN4OS. The summed E-state index contributed by atoms with van der Waals surface area (Å²) in [6.45, 7) is 11.3. The molecule has 0 aromatic carbocycles. The smallest absolute Gasteiger partial charge is 0.194 e. The first-order chi connectivity index (χ1) is 11.3. The van der Waals surface area contributed by atoms with Crippen LogP contribution in [0.2, 0.25) is 0 Å². The Morgan fingerprint density at radius 1 is 1.38 bits per heavy atom. The van der Waals surface area contributed by atoms with E-state index in [0.29, 0.717) is 0 Å². The second-order valence-corrected chi connectivity index (χ2v) is 7.10. The molecule has 3 rings (SSSR count). The highest BCUT2D eigenvalue weighted by Crippen LogP contribution is 2.15. The van der Waals surface area contributed by atoms with Crippen molar-refractivity contribution in [2.75, 3.05) is 52.5 Å². The van der Waals surface area contributed by atoms with E-state index in [9.17, 15) is 0 Å². The van der Waals surface area contributed by atoms with E-state index >= 15 is 0 Å². The van der Waals surface area contributed by atoms with Crippen molar-refractivity contribution in [3.63, 3.8) is 0 Å². The van der Waals surface area contributed by atoms with E-state index in [1.165, 1.54) is 18.5 Å². The summed E-state index contributed by atoms with van der Waals surface area (Å²) in [4.78, 5) is 9.79. The molecule has 1 aromatic heterocycles. The molecule has 0 spiro atoms. The van der Waals surface area contributed by atoms with Gasteiger partial charge in [0, 0.05) is 45.9 Å². The molecule has 0 saturated carbocycles. The Balaban J connectivity index is 0.00000208. The SMILES string of the molecule is CCNC(=NCc1ccsc1)N1CCN(CC2CCOC2)CC1.I. The Kier molecular flexibility index (Phi) is 8.79. The van der Waals surface area contributed by atoms with E-state index in [0.717, 1.165) is 64.4 Å². The number of ether oxygens (including phenoxy) is 1. The van der Waals surface area contributed by atoms with Gasteiger partial charge in [-0.05, 0) is 41.7 Å². The minimum absolute atomic E-state index is 0. The summed E-state index contributed by atoms with van der Waals surface area (Å²) in [6.07, 6.45) is 1.23. The molecule has 1 unspecified atom stereocenters. The lowest BCUT2D eigenvalue weighted by Crippen LogP contribution is -2.53. The van der Waals surface area contributed by atoms with Crippen LogP contribution in [0, 0.1) is 5.92 Å². The number of halogens is 1. The van der Waals surface area contributed by atoms with Crippen LogP contribution in [0.5, 0.6) is 0 Å². The number of hydrogen-bond acceptors (Lipinski definition) is 4. The van der Waals surface area contributed by atoms with Gasteiger partial charge in [-0.3, -0.25) is 4.90 Å². The third-order valence-electron chi connectivity index (χ3n) is 4.54. The van der Waals surface area contributed by atoms with Gasteiger partial charge in [-0.15, -0.1) is 24.0 Å². The fourth-order valence-corrected chi connectivity index (χ4v) is 3.87. The molecule has 2 saturated heterocycles. The van der Waals surface area contributed by atoms with Gasteiger partial charge in [0.05, 0.1) is 13.2 Å². The van der Waals surface area contributed by atoms with Crippen LogP contribution in [0.15, 0.2) is 21.8 Å². The molecule has 5 nitrogen and oxygen atoms in total. The third-order valence-corrected chi connectivity index (χ3v) is 5.27. The molecule has 1 aromatic rings. The van der Waals surface area contributed by atoms with Crippen molar-refractivity contribution < 1.29 is 4.74 Å². The van der Waals surface area contributed by atoms with Crippen molar-refractivity contribution >= 4 is 41.3 Å². The number of guanidine groups is 1. The van der Waals surface area contributed by atoms with Crippen LogP contribution in [0.25, 0.3) is 0 Å². The number of thiophene rings is 1. The highest BCUT2D eigenvalue weighted by atomic mass is 127. The average Bonchev–Trinajstić information content (AvgIpc) is 3.26. The molecule has 24 heavy (non-hydrogen) atoms. The zero-order valence-corrected chi connectivity index (χ0v) is 17.6. The zero-order valence-electron chi connectivity index (χ0n) is 14.4. The Morgan fingerprint density at radius 2 is 2.21 bits per heavy atom. The molecule has 0 radical (unpaired) electrons. The molecule has 136 valence electrons. The van der Waals surface area contributed by atoms with Gasteiger partial charge in [0.1, 0.15) is 0 Å². The fraction of sp³-hybridized carbons (Fsp3) is 0.706. The number of nitrogens with one attached hydrogen (secondary N) is 1. The fourth-order valence-electron chi connectivity index (χ4n) is 3.21. The largest absolute Gasteiger partial charge is 0.381 e. The summed E-state index contributed by atoms with van der Waals surface area (Å²) in [7, 11) is 0. The lowest BCUT2D eigenvalue weighted by Gasteiger charge is -2.37. The van der Waals surface area contributed by atoms with Crippen LogP contribution in [0.4, 0.5) is 0 Å². The maximum atomic E-state index is 5.49. The van der Waals surface area contributed by atoms with Crippen LogP contribution < -0.4 is 5.32 Å². The summed E-state index contributed by atoms with van der Waals surface area (Å²) >= 11 is 1.74. The Bertz CT molecular complexity index is 483. The van der Waals surface area contributed by atoms with Gasteiger partial charge in [-0.1, -0.05) is 0 Å². The Morgan fingerprint density at radius 3 is 2.83 bits per heavy atom. The lowest BCUT2D eigenvalue weighted by atomic mass is 10.1. The predicted octanol–water partition coefficient (Wildman–Crippen LogP) is 2.49. The van der Waals surface area contributed by atoms with Gasteiger partial charge in [-0.25, -0.2) is 4.99 Å². The van der Waals surface area contributed by atoms with Gasteiger partial charge in [0.15, 0.2) is 5.96 Å². The molecule has 0 aliphatic carbocycles. The third kappa shape index (κ3) is 5.86. The summed E-state index contributed by atoms with van der Waals surface area (Å²) in [5.41, 5.74) is 1.30. The summed E-state index contributed by atoms with van der Waals surface area (Å²) in [5, 5.41) is 7.73. The lowest BCUT2D eigenvalue weighted by molar-refractivity contribution is 0.139. The molecule has 3 heterocycles. The van der Waals surface area contributed by atoms with E-state index in [4.69, 9.17) is 9.73 Å². The zero-order chi connectivity index (χ0) is 15.9. The molecule has 2 fully saturated rings. The van der Waals surface area contributed by atoms with E-state index in [1.54, 1.807) is 11.3 Å². The summed E-state index contributed by atoms with van der Waals surface area (Å²) in [5.74, 6) is 1.80. The van der Waals surface area contributed by atoms with Crippen molar-refractivity contribution in [3.8, 4) is 0 Å². The molecule has 1 N–H and O–H groups in total. The predicted molar refractivity (Wildman–Crippen MR) is 111 cm³/mol. The maximum Gasteiger partial charge on any atom is 0.194 e. The van der Waals surface area contributed by atoms with E-state index < -0.39 is 0 Å². The minimum atomic E-state index is 0. The van der Waals surface area contributed by atoms with Crippen LogP contribution in [0.3, 0.4) is 0 Å². The van der Waals surface area contributed by atoms with Crippen LogP contribution in [0.1, 0.15) is 18.9 Å². The van der Waals surface area contributed by atoms with Crippen LogP contribution in [-0.2, 0) is 11.3 Å².